The third kappa shape index (κ3) is 31.2. The first kappa shape index (κ1) is 107. The van der Waals surface area contributed by atoms with Gasteiger partial charge in [-0.15, -0.1) is 56.7 Å². The minimum absolute atomic E-state index is 0.0478. The first-order valence-electron chi connectivity index (χ1n) is 39.9. The minimum Gasteiger partial charge on any atom is -0.480 e. The number of piperidine rings is 1. The van der Waals surface area contributed by atoms with Crippen LogP contribution in [0.5, 0.6) is 0 Å². The number of nitrogen functional groups attached to an aromatic ring is 1. The topological polar surface area (TPSA) is 424 Å². The quantitative estimate of drug-likeness (QED) is 0.0125. The van der Waals surface area contributed by atoms with Crippen molar-refractivity contribution in [2.75, 3.05) is 57.1 Å². The van der Waals surface area contributed by atoms with Gasteiger partial charge < -0.3 is 55.4 Å². The number of ketones is 1. The van der Waals surface area contributed by atoms with Gasteiger partial charge >= 0.3 is 36.4 Å². The maximum atomic E-state index is 13.0. The summed E-state index contributed by atoms with van der Waals surface area (Å²) in [5, 5.41) is 34.6. The number of alkyl halides is 1. The number of primary amides is 1. The number of aliphatic hydroxyl groups excluding tert-OH is 1. The fourth-order valence-electron chi connectivity index (χ4n) is 12.1. The van der Waals surface area contributed by atoms with Gasteiger partial charge in [0.05, 0.1) is 79.4 Å². The molecule has 9 aromatic heterocycles. The van der Waals surface area contributed by atoms with Crippen LogP contribution in [0.1, 0.15) is 68.2 Å². The van der Waals surface area contributed by atoms with Crippen LogP contribution in [0.4, 0.5) is 5.00 Å². The van der Waals surface area contributed by atoms with Crippen LogP contribution in [-0.2, 0) is 67.3 Å². The molecule has 0 atom stereocenters. The van der Waals surface area contributed by atoms with Gasteiger partial charge in [-0.05, 0) is 160 Å². The molecule has 1 aliphatic heterocycles. The number of halogens is 7. The first-order chi connectivity index (χ1) is 64.3. The normalized spacial score (nSPS) is 11.1. The standard InChI is InChI=1S/C19H18ClN3O3S.C16H13ClN2O3S.C14H9ClN2O3S.C13H12ClNO2S.C12H7ClN2OS.C8H7ClO.C5H7NO2.C4H7BrO2.CH3NO/c20-13-3-1-12(2-4-13)15-10-27-18-17(15)19(26)23(11-21-18)9-16(25)22-7-5-14(24)6-8-22;1-2-22-13(20)7-19-9-18-15-14(16(19)21)12(8-23-15)10-3-5-11(17)6-4-10;15-9-3-1-8(2-4-9)10-6-21-13-12(10)14(20)17(7-16-13)5-11(18)19;1-2-17-13(16)11-10(7-18-12(11)15)8-3-5-9(14)6-4-8;13-8-3-1-7(2-4-8)9-5-17-12-10(9)11(16)14-6-15-12;1-6(10)7-2-4-8(9)5-3-7;1-3-8-5(7)4-6-2;1-2-7-4(6)3-5;2-1-3/h1-4,10-11,14,24H,5-9H2;3-6,8-9H,2,7H2,1H3;1-4,6-7H,5H2,(H,18,19);3-7H,2,15H2,1H3;1-6H,(H,14,15,16);2-5H,1H3;3-4H2,1H3;2-3H2,1H3;1H,(H2,2,3). The number of nitrogens with zero attached hydrogens (tertiary/aromatic N) is 9. The zero-order valence-electron chi connectivity index (χ0n) is 71.7. The van der Waals surface area contributed by atoms with Gasteiger partial charge in [0.1, 0.15) is 54.9 Å². The van der Waals surface area contributed by atoms with Crippen LogP contribution in [0.15, 0.2) is 217 Å². The molecule has 1 aliphatic rings. The van der Waals surface area contributed by atoms with Gasteiger partial charge in [0.2, 0.25) is 12.3 Å². The molecule has 698 valence electrons. The van der Waals surface area contributed by atoms with Crippen molar-refractivity contribution in [1.82, 2.24) is 43.5 Å². The predicted octanol–water partition coefficient (Wildman–Crippen LogP) is 19.2. The van der Waals surface area contributed by atoms with Crippen molar-refractivity contribution in [3.8, 4) is 55.6 Å². The lowest BCUT2D eigenvalue weighted by Crippen LogP contribution is -2.42. The smallest absolute Gasteiger partial charge is 0.387 e. The van der Waals surface area contributed by atoms with Crippen LogP contribution in [-0.4, -0.2) is 159 Å². The molecule has 10 heterocycles. The largest absolute Gasteiger partial charge is 0.480 e. The van der Waals surface area contributed by atoms with Gasteiger partial charge in [-0.2, -0.15) is 0 Å². The van der Waals surface area contributed by atoms with E-state index in [1.165, 1.54) is 98.1 Å². The summed E-state index contributed by atoms with van der Waals surface area (Å²) in [6.45, 7) is 16.4. The second-order valence-corrected chi connectivity index (χ2v) is 34.8. The Hall–Kier alpha value is -12.2. The van der Waals surface area contributed by atoms with Crippen LogP contribution in [0.2, 0.25) is 30.1 Å². The van der Waals surface area contributed by atoms with Crippen LogP contribution in [0, 0.1) is 6.57 Å². The van der Waals surface area contributed by atoms with Crippen molar-refractivity contribution in [3.05, 3.63) is 292 Å². The van der Waals surface area contributed by atoms with E-state index in [1.807, 2.05) is 99.7 Å². The van der Waals surface area contributed by atoms with Crippen LogP contribution in [0.25, 0.3) is 101 Å². The molecule has 0 unspecified atom stereocenters. The van der Waals surface area contributed by atoms with Crippen LogP contribution >= 0.6 is 142 Å². The molecule has 0 bridgehead atoms. The lowest BCUT2D eigenvalue weighted by Gasteiger charge is -2.29. The number of aliphatic hydroxyl groups is 1. The van der Waals surface area contributed by atoms with Crippen molar-refractivity contribution >= 4 is 236 Å². The number of aliphatic carboxylic acids is 1. The third-order valence-corrected chi connectivity index (χ3v) is 24.7. The molecule has 1 fully saturated rings. The van der Waals surface area contributed by atoms with Crippen molar-refractivity contribution in [2.24, 2.45) is 5.73 Å². The lowest BCUT2D eigenvalue weighted by molar-refractivity contribution is -0.144. The summed E-state index contributed by atoms with van der Waals surface area (Å²) in [5.41, 5.74) is 18.7. The number of carboxylic acid groups (broad SMARTS) is 1. The Kier molecular flexibility index (Phi) is 43.4. The van der Waals surface area contributed by atoms with Gasteiger partial charge in [0.25, 0.3) is 22.2 Å². The molecule has 0 spiro atoms. The van der Waals surface area contributed by atoms with E-state index in [-0.39, 0.29) is 84.6 Å². The number of carboxylic acids is 1. The van der Waals surface area contributed by atoms with Crippen LogP contribution in [0.3, 0.4) is 0 Å². The zero-order chi connectivity index (χ0) is 97.7. The third-order valence-electron chi connectivity index (χ3n) is 18.3. The molecular formula is C92H83BrCl6N12O18S5. The number of H-pyrrole nitrogens is 1. The Morgan fingerprint density at radius 2 is 0.821 bits per heavy atom. The van der Waals surface area contributed by atoms with E-state index in [1.54, 1.807) is 105 Å². The summed E-state index contributed by atoms with van der Waals surface area (Å²) >= 11 is 44.9. The SMILES string of the molecule is CC(=O)c1ccc(Cl)cc1.CCOC(=O)CBr.CCOC(=O)Cn1cnc2scc(-c3ccc(Cl)cc3)c2c1=O.CCOC(=O)c1c(-c2ccc(Cl)cc2)csc1N.NC=O.O=C(Cn1cnc2scc(-c3ccc(Cl)cc3)c2c1=O)N1CCC(O)CC1.O=C(O)Cn1cnc2scc(-c3ccc(Cl)cc3)c2c1=O.O=c1[nH]cnc2scc(-c3ccc(Cl)cc3)c12.[C-]#[N+]CC(=O)OCC. The number of thiophene rings is 5. The lowest BCUT2D eigenvalue weighted by atomic mass is 10.0. The van der Waals surface area contributed by atoms with E-state index >= 15 is 0 Å². The number of hydrogen-bond donors (Lipinski definition) is 5. The number of rotatable bonds is 19. The Bertz CT molecular complexity index is 6840. The fraction of sp³-hybridized carbons (Fsp3) is 0.207. The Labute approximate surface area is 823 Å². The summed E-state index contributed by atoms with van der Waals surface area (Å²) in [6.07, 6.45) is 6.55. The maximum Gasteiger partial charge on any atom is 0.387 e. The number of fused-ring (bicyclic) bond motifs is 4. The average Bonchev–Trinajstić information content (AvgIpc) is 1.65. The van der Waals surface area contributed by atoms with Gasteiger partial charge in [0.15, 0.2) is 5.78 Å². The number of carbonyl (C=O) groups is 8. The van der Waals surface area contributed by atoms with Crippen molar-refractivity contribution in [1.29, 1.82) is 0 Å². The highest BCUT2D eigenvalue weighted by molar-refractivity contribution is 9.09. The van der Waals surface area contributed by atoms with E-state index in [4.69, 9.17) is 101 Å². The van der Waals surface area contributed by atoms with Crippen molar-refractivity contribution < 1.29 is 67.5 Å². The number of aromatic nitrogens is 8. The molecule has 6 aromatic carbocycles. The van der Waals surface area contributed by atoms with E-state index < -0.39 is 24.5 Å². The highest BCUT2D eigenvalue weighted by Gasteiger charge is 2.25. The second kappa shape index (κ2) is 54.2. The van der Waals surface area contributed by atoms with Gasteiger partial charge in [0, 0.05) is 104 Å². The number of carbonyl (C=O) groups excluding carboxylic acids is 7. The summed E-state index contributed by atoms with van der Waals surface area (Å²) in [4.78, 5) is 163. The summed E-state index contributed by atoms with van der Waals surface area (Å²) < 4.78 is 22.6. The monoisotopic (exact) mass is 2090 g/mol. The maximum absolute atomic E-state index is 13.0. The number of benzene rings is 6. The molecule has 15 aromatic rings. The highest BCUT2D eigenvalue weighted by atomic mass is 79.9. The van der Waals surface area contributed by atoms with E-state index in [9.17, 15) is 57.8 Å². The molecule has 0 radical (unpaired) electrons. The molecular weight excluding hydrogens is 2010 g/mol. The minimum atomic E-state index is -1.08. The molecule has 1 saturated heterocycles. The number of nitrogens with two attached hydrogens (primary N) is 2. The molecule has 16 rings (SSSR count). The predicted molar refractivity (Wildman–Crippen MR) is 535 cm³/mol. The molecule has 30 nitrogen and oxygen atoms in total. The number of nitrogens with one attached hydrogen (secondary N) is 1. The number of anilines is 1. The molecule has 0 aliphatic carbocycles. The van der Waals surface area contributed by atoms with Crippen molar-refractivity contribution in [3.63, 3.8) is 0 Å². The second-order valence-electron chi connectivity index (χ2n) is 27.3. The molecule has 42 heteroatoms. The number of hydrogen-bond acceptors (Lipinski definition) is 27. The Morgan fingerprint density at radius 3 is 1.17 bits per heavy atom. The van der Waals surface area contributed by atoms with E-state index in [0.717, 1.165) is 65.0 Å². The molecule has 2 amide bonds. The summed E-state index contributed by atoms with van der Waals surface area (Å²) in [7, 11) is 0. The number of aromatic amines is 1. The first-order valence-corrected chi connectivity index (χ1v) is 47.7. The molecule has 7 N–H and O–H groups in total. The van der Waals surface area contributed by atoms with E-state index in [0.29, 0.717) is 133 Å². The zero-order valence-corrected chi connectivity index (χ0v) is 81.9. The Morgan fingerprint density at radius 1 is 0.493 bits per heavy atom. The van der Waals surface area contributed by atoms with Gasteiger partial charge in [-0.3, -0.25) is 61.6 Å². The summed E-state index contributed by atoms with van der Waals surface area (Å²) in [5.74, 6) is -2.64. The van der Waals surface area contributed by atoms with E-state index in [2.05, 4.69) is 60.9 Å². The van der Waals surface area contributed by atoms with Gasteiger partial charge in [-0.1, -0.05) is 146 Å². The fourth-order valence-corrected chi connectivity index (χ4v) is 17.5. The number of amides is 2. The van der Waals surface area contributed by atoms with Gasteiger partial charge in [-0.25, -0.2) is 36.1 Å². The van der Waals surface area contributed by atoms with Crippen LogP contribution < -0.4 is 33.7 Å². The van der Waals surface area contributed by atoms with Crippen molar-refractivity contribution in [2.45, 2.75) is 73.2 Å². The number of ether oxygens (including phenoxy) is 4. The number of likely N-dealkylation sites (tertiary alicyclic amines) is 1. The summed E-state index contributed by atoms with van der Waals surface area (Å²) in [6, 6.07) is 43.2. The molecule has 134 heavy (non-hydrogen) atoms. The average molecular weight is 2100 g/mol. The number of esters is 4. The molecule has 0 saturated carbocycles. The highest BCUT2D eigenvalue weighted by Crippen LogP contribution is 2.38. The number of Topliss-reactive ketones (excluding diaryl/α,β-unsaturated/α-hetero) is 1. The Balaban J connectivity index is 0.000000193.